The lowest BCUT2D eigenvalue weighted by Gasteiger charge is -2.27. The van der Waals surface area contributed by atoms with Crippen LogP contribution in [0.3, 0.4) is 0 Å². The summed E-state index contributed by atoms with van der Waals surface area (Å²) in [5.74, 6) is 1.34. The quantitative estimate of drug-likeness (QED) is 0.353. The molecule has 0 aliphatic heterocycles. The van der Waals surface area contributed by atoms with E-state index in [-0.39, 0.29) is 11.0 Å². The maximum atomic E-state index is 12.8. The average Bonchev–Trinajstić information content (AvgIpc) is 3.01. The molecular formula is C19H21F3N4S. The molecule has 4 nitrogen and oxygen atoms in total. The Hall–Kier alpha value is -1.83. The van der Waals surface area contributed by atoms with Gasteiger partial charge in [0.2, 0.25) is 0 Å². The molecule has 0 radical (unpaired) electrons. The van der Waals surface area contributed by atoms with Crippen molar-refractivity contribution in [3.8, 4) is 0 Å². The van der Waals surface area contributed by atoms with Crippen LogP contribution >= 0.6 is 11.8 Å². The van der Waals surface area contributed by atoms with E-state index in [4.69, 9.17) is 5.53 Å². The lowest BCUT2D eigenvalue weighted by atomic mass is 9.83. The van der Waals surface area contributed by atoms with E-state index in [1.807, 2.05) is 0 Å². The fourth-order valence-corrected chi connectivity index (χ4v) is 5.43. The van der Waals surface area contributed by atoms with E-state index in [1.54, 1.807) is 36.3 Å². The summed E-state index contributed by atoms with van der Waals surface area (Å²) in [4.78, 5) is 7.24. The van der Waals surface area contributed by atoms with Gasteiger partial charge in [0.1, 0.15) is 0 Å². The van der Waals surface area contributed by atoms with Gasteiger partial charge >= 0.3 is 6.18 Å². The molecule has 27 heavy (non-hydrogen) atoms. The van der Waals surface area contributed by atoms with Crippen molar-refractivity contribution in [3.05, 3.63) is 47.8 Å². The number of H-pyrrole nitrogens is 1. The van der Waals surface area contributed by atoms with E-state index >= 15 is 0 Å². The van der Waals surface area contributed by atoms with E-state index in [1.165, 1.54) is 12.1 Å². The lowest BCUT2D eigenvalue weighted by Crippen LogP contribution is -2.26. The number of aromatic amines is 1. The van der Waals surface area contributed by atoms with E-state index in [9.17, 15) is 13.2 Å². The van der Waals surface area contributed by atoms with E-state index < -0.39 is 11.7 Å². The Morgan fingerprint density at radius 3 is 2.67 bits per heavy atom. The zero-order valence-electron chi connectivity index (χ0n) is 14.7. The number of benzene rings is 1. The average molecular weight is 394 g/mol. The molecule has 4 rings (SSSR count). The first-order valence-corrected chi connectivity index (χ1v) is 10.0. The van der Waals surface area contributed by atoms with Crippen LogP contribution in [-0.4, -0.2) is 21.3 Å². The molecule has 2 fully saturated rings. The van der Waals surface area contributed by atoms with Gasteiger partial charge in [-0.1, -0.05) is 23.9 Å². The largest absolute Gasteiger partial charge is 0.416 e. The fraction of sp³-hybridized carbons (Fsp3) is 0.526. The first-order valence-electron chi connectivity index (χ1n) is 9.06. The Kier molecular flexibility index (Phi) is 4.56. The smallest absolute Gasteiger partial charge is 0.340 e. The van der Waals surface area contributed by atoms with E-state index in [0.29, 0.717) is 5.92 Å². The number of aromatic nitrogens is 2. The van der Waals surface area contributed by atoms with Gasteiger partial charge in [-0.05, 0) is 55.7 Å². The van der Waals surface area contributed by atoms with Crippen LogP contribution in [0.15, 0.2) is 46.9 Å². The topological polar surface area (TPSA) is 64.9 Å². The highest BCUT2D eigenvalue weighted by Crippen LogP contribution is 2.68. The van der Waals surface area contributed by atoms with Gasteiger partial charge in [0.15, 0.2) is 5.16 Å². The van der Waals surface area contributed by atoms with Crippen LogP contribution in [0.5, 0.6) is 0 Å². The van der Waals surface area contributed by atoms with Crippen molar-refractivity contribution < 1.29 is 13.2 Å². The Bertz CT molecular complexity index is 805. The summed E-state index contributed by atoms with van der Waals surface area (Å²) in [5, 5.41) is 4.89. The molecule has 1 aromatic carbocycles. The van der Waals surface area contributed by atoms with Crippen LogP contribution < -0.4 is 0 Å². The Morgan fingerprint density at radius 2 is 2.04 bits per heavy atom. The third-order valence-electron chi connectivity index (χ3n) is 6.03. The monoisotopic (exact) mass is 394 g/mol. The molecule has 2 saturated carbocycles. The van der Waals surface area contributed by atoms with Crippen LogP contribution in [0.1, 0.15) is 43.2 Å². The minimum Gasteiger partial charge on any atom is -0.340 e. The predicted octanol–water partition coefficient (Wildman–Crippen LogP) is 5.82. The van der Waals surface area contributed by atoms with Gasteiger partial charge in [0, 0.05) is 23.6 Å². The highest BCUT2D eigenvalue weighted by molar-refractivity contribution is 7.99. The van der Waals surface area contributed by atoms with Crippen molar-refractivity contribution in [1.82, 2.24) is 9.97 Å². The second kappa shape index (κ2) is 6.65. The SMILES string of the molecule is N=NC1(CCCSc2ncc[nH]2)C[C@H]2C[C@]2(c2ccc(C(F)(F)F)cc2)C1. The second-order valence-electron chi connectivity index (χ2n) is 7.70. The molecule has 3 atom stereocenters. The lowest BCUT2D eigenvalue weighted by molar-refractivity contribution is -0.137. The van der Waals surface area contributed by atoms with Crippen molar-refractivity contribution in [2.24, 2.45) is 11.0 Å². The summed E-state index contributed by atoms with van der Waals surface area (Å²) in [6.45, 7) is 0. The number of hydrogen-bond donors (Lipinski definition) is 2. The molecule has 1 aromatic heterocycles. The van der Waals surface area contributed by atoms with Crippen molar-refractivity contribution in [2.75, 3.05) is 5.75 Å². The van der Waals surface area contributed by atoms with Gasteiger partial charge in [-0.2, -0.15) is 18.3 Å². The second-order valence-corrected chi connectivity index (χ2v) is 8.78. The number of fused-ring (bicyclic) bond motifs is 1. The Labute approximate surface area is 159 Å². The summed E-state index contributed by atoms with van der Waals surface area (Å²) in [7, 11) is 0. The number of rotatable bonds is 7. The number of hydrogen-bond acceptors (Lipinski definition) is 4. The Balaban J connectivity index is 1.39. The highest BCUT2D eigenvalue weighted by atomic mass is 32.2. The van der Waals surface area contributed by atoms with Crippen molar-refractivity contribution in [2.45, 2.75) is 54.4 Å². The van der Waals surface area contributed by atoms with Crippen LogP contribution in [0.25, 0.3) is 0 Å². The zero-order chi connectivity index (χ0) is 19.1. The van der Waals surface area contributed by atoms with E-state index in [0.717, 1.165) is 48.6 Å². The molecule has 2 aliphatic rings. The molecule has 2 aromatic rings. The standard InChI is InChI=1S/C19H21F3N4S/c20-19(21,22)14-4-2-13(3-5-14)18-11-15(18)10-17(12-18,26-23)6-1-9-27-16-24-7-8-25-16/h2-5,7-8,15,23H,1,6,9-12H2,(H,24,25)/t15-,17?,18+/m0/s1. The van der Waals surface area contributed by atoms with Crippen LogP contribution in [0, 0.1) is 11.4 Å². The first kappa shape index (κ1) is 18.5. The van der Waals surface area contributed by atoms with Gasteiger partial charge in [0.25, 0.3) is 0 Å². The molecule has 0 saturated heterocycles. The van der Waals surface area contributed by atoms with Crippen LogP contribution in [-0.2, 0) is 11.6 Å². The van der Waals surface area contributed by atoms with Gasteiger partial charge in [-0.3, -0.25) is 0 Å². The van der Waals surface area contributed by atoms with Gasteiger partial charge in [-0.25, -0.2) is 10.5 Å². The van der Waals surface area contributed by atoms with Gasteiger partial charge in [-0.15, -0.1) is 0 Å². The molecule has 1 heterocycles. The number of nitrogens with zero attached hydrogens (tertiary/aromatic N) is 2. The minimum atomic E-state index is -4.30. The van der Waals surface area contributed by atoms with Crippen molar-refractivity contribution in [1.29, 1.82) is 5.53 Å². The molecule has 2 aliphatic carbocycles. The Morgan fingerprint density at radius 1 is 1.26 bits per heavy atom. The fourth-order valence-electron chi connectivity index (χ4n) is 4.66. The first-order chi connectivity index (χ1) is 12.9. The van der Waals surface area contributed by atoms with Crippen molar-refractivity contribution in [3.63, 3.8) is 0 Å². The van der Waals surface area contributed by atoms with Crippen LogP contribution in [0.2, 0.25) is 0 Å². The molecular weight excluding hydrogens is 373 g/mol. The maximum Gasteiger partial charge on any atom is 0.416 e. The molecule has 0 spiro atoms. The summed E-state index contributed by atoms with van der Waals surface area (Å²) in [5.41, 5.74) is 7.66. The molecule has 8 heteroatoms. The summed E-state index contributed by atoms with van der Waals surface area (Å²) in [6.07, 6.45) is 3.61. The molecule has 2 N–H and O–H groups in total. The third-order valence-corrected chi connectivity index (χ3v) is 7.02. The summed E-state index contributed by atoms with van der Waals surface area (Å²) < 4.78 is 38.4. The molecule has 1 unspecified atom stereocenters. The maximum absolute atomic E-state index is 12.8. The molecule has 0 bridgehead atoms. The normalized spacial score (nSPS) is 29.5. The summed E-state index contributed by atoms with van der Waals surface area (Å²) >= 11 is 1.65. The van der Waals surface area contributed by atoms with E-state index in [2.05, 4.69) is 15.1 Å². The van der Waals surface area contributed by atoms with Gasteiger partial charge in [0.05, 0.1) is 11.1 Å². The number of halogens is 3. The number of nitrogens with one attached hydrogen (secondary N) is 2. The molecule has 0 amide bonds. The number of alkyl halides is 3. The van der Waals surface area contributed by atoms with Gasteiger partial charge < -0.3 is 4.98 Å². The number of imidazole rings is 1. The third kappa shape index (κ3) is 3.51. The predicted molar refractivity (Wildman–Crippen MR) is 96.9 cm³/mol. The zero-order valence-corrected chi connectivity index (χ0v) is 15.5. The minimum absolute atomic E-state index is 0.0805. The highest BCUT2D eigenvalue weighted by Gasteiger charge is 2.65. The molecule has 144 valence electrons. The number of thioether (sulfide) groups is 1. The van der Waals surface area contributed by atoms with Crippen LogP contribution in [0.4, 0.5) is 13.2 Å². The summed E-state index contributed by atoms with van der Waals surface area (Å²) in [6, 6.07) is 5.60. The van der Waals surface area contributed by atoms with Crippen molar-refractivity contribution >= 4 is 11.8 Å².